The molecule has 1 rings (SSSR count). The van der Waals surface area contributed by atoms with Crippen molar-refractivity contribution in [2.45, 2.75) is 31.7 Å². The average Bonchev–Trinajstić information content (AvgIpc) is 2.30. The van der Waals surface area contributed by atoms with Crippen LogP contribution < -0.4 is 5.32 Å². The molecule has 0 spiro atoms. The fourth-order valence-electron chi connectivity index (χ4n) is 1.58. The summed E-state index contributed by atoms with van der Waals surface area (Å²) in [5.74, 6) is 0. The van der Waals surface area contributed by atoms with Crippen LogP contribution in [0.1, 0.15) is 25.0 Å². The molecule has 2 nitrogen and oxygen atoms in total. The minimum absolute atomic E-state index is 0.296. The molecule has 0 bridgehead atoms. The molecule has 96 valence electrons. The van der Waals surface area contributed by atoms with Crippen LogP contribution in [-0.4, -0.2) is 24.7 Å². The van der Waals surface area contributed by atoms with Gasteiger partial charge in [0, 0.05) is 24.9 Å². The van der Waals surface area contributed by atoms with Gasteiger partial charge in [0.15, 0.2) is 0 Å². The first-order valence-corrected chi connectivity index (χ1v) is 7.12. The van der Waals surface area contributed by atoms with E-state index in [-0.39, 0.29) is 0 Å². The number of ether oxygens (including phenoxy) is 1. The molecule has 0 saturated heterocycles. The second kappa shape index (κ2) is 7.04. The molecule has 0 fully saturated rings. The largest absolute Gasteiger partial charge is 0.380 e. The van der Waals surface area contributed by atoms with Gasteiger partial charge in [-0.2, -0.15) is 11.8 Å². The van der Waals surface area contributed by atoms with E-state index in [1.54, 1.807) is 7.11 Å². The Morgan fingerprint density at radius 3 is 2.65 bits per heavy atom. The summed E-state index contributed by atoms with van der Waals surface area (Å²) in [6.45, 7) is 7.13. The van der Waals surface area contributed by atoms with E-state index in [1.807, 2.05) is 11.8 Å². The first-order valence-electron chi connectivity index (χ1n) is 5.90. The van der Waals surface area contributed by atoms with Gasteiger partial charge in [0.1, 0.15) is 0 Å². The van der Waals surface area contributed by atoms with Crippen molar-refractivity contribution in [1.29, 1.82) is 0 Å². The molecule has 0 aliphatic heterocycles. The number of hydrogen-bond acceptors (Lipinski definition) is 3. The lowest BCUT2D eigenvalue weighted by Gasteiger charge is -2.22. The third kappa shape index (κ3) is 5.57. The highest BCUT2D eigenvalue weighted by atomic mass is 32.2. The Hall–Kier alpha value is -0.510. The topological polar surface area (TPSA) is 21.3 Å². The van der Waals surface area contributed by atoms with Crippen molar-refractivity contribution in [3.05, 3.63) is 35.4 Å². The zero-order valence-corrected chi connectivity index (χ0v) is 12.1. The van der Waals surface area contributed by atoms with E-state index in [9.17, 15) is 0 Å². The molecule has 1 aromatic rings. The maximum absolute atomic E-state index is 5.14. The SMILES string of the molecule is COCc1cccc(CNCC(C)(C)SC)c1. The van der Waals surface area contributed by atoms with E-state index in [0.717, 1.165) is 13.1 Å². The molecule has 0 aliphatic rings. The van der Waals surface area contributed by atoms with E-state index in [4.69, 9.17) is 4.74 Å². The minimum Gasteiger partial charge on any atom is -0.380 e. The number of methoxy groups -OCH3 is 1. The van der Waals surface area contributed by atoms with Gasteiger partial charge in [-0.3, -0.25) is 0 Å². The van der Waals surface area contributed by atoms with Gasteiger partial charge in [-0.05, 0) is 31.2 Å². The molecule has 0 unspecified atom stereocenters. The van der Waals surface area contributed by atoms with Crippen LogP contribution in [0.5, 0.6) is 0 Å². The Bertz CT molecular complexity index is 339. The second-order valence-electron chi connectivity index (χ2n) is 4.82. The Labute approximate surface area is 109 Å². The van der Waals surface area contributed by atoms with Crippen LogP contribution in [-0.2, 0) is 17.9 Å². The Kier molecular flexibility index (Phi) is 6.03. The van der Waals surface area contributed by atoms with Gasteiger partial charge in [-0.1, -0.05) is 24.3 Å². The lowest BCUT2D eigenvalue weighted by atomic mass is 10.1. The molecule has 0 heterocycles. The summed E-state index contributed by atoms with van der Waals surface area (Å²) in [5, 5.41) is 3.50. The van der Waals surface area contributed by atoms with E-state index < -0.39 is 0 Å². The summed E-state index contributed by atoms with van der Waals surface area (Å²) in [6, 6.07) is 8.53. The van der Waals surface area contributed by atoms with Gasteiger partial charge in [0.25, 0.3) is 0 Å². The number of nitrogens with one attached hydrogen (secondary N) is 1. The first-order chi connectivity index (χ1) is 8.07. The molecule has 0 saturated carbocycles. The number of benzene rings is 1. The van der Waals surface area contributed by atoms with E-state index in [0.29, 0.717) is 11.4 Å². The summed E-state index contributed by atoms with van der Waals surface area (Å²) in [4.78, 5) is 0. The Morgan fingerprint density at radius 1 is 1.29 bits per heavy atom. The normalized spacial score (nSPS) is 11.8. The third-order valence-electron chi connectivity index (χ3n) is 2.73. The highest BCUT2D eigenvalue weighted by Gasteiger charge is 2.14. The van der Waals surface area contributed by atoms with E-state index in [2.05, 4.69) is 49.7 Å². The zero-order valence-electron chi connectivity index (χ0n) is 11.2. The van der Waals surface area contributed by atoms with Gasteiger partial charge in [-0.25, -0.2) is 0 Å². The van der Waals surface area contributed by atoms with Crippen LogP contribution in [0.3, 0.4) is 0 Å². The fraction of sp³-hybridized carbons (Fsp3) is 0.571. The molecule has 1 N–H and O–H groups in total. The number of rotatable bonds is 7. The van der Waals surface area contributed by atoms with Crippen LogP contribution in [0.25, 0.3) is 0 Å². The van der Waals surface area contributed by atoms with Crippen LogP contribution in [0.2, 0.25) is 0 Å². The predicted octanol–water partition coefficient (Wildman–Crippen LogP) is 3.06. The summed E-state index contributed by atoms with van der Waals surface area (Å²) < 4.78 is 5.43. The summed E-state index contributed by atoms with van der Waals surface area (Å²) in [5.41, 5.74) is 2.55. The highest BCUT2D eigenvalue weighted by molar-refractivity contribution is 7.99. The lowest BCUT2D eigenvalue weighted by molar-refractivity contribution is 0.185. The molecule has 17 heavy (non-hydrogen) atoms. The number of hydrogen-bond donors (Lipinski definition) is 1. The van der Waals surface area contributed by atoms with Crippen molar-refractivity contribution in [2.75, 3.05) is 19.9 Å². The molecule has 0 radical (unpaired) electrons. The van der Waals surface area contributed by atoms with Gasteiger partial charge in [0.2, 0.25) is 0 Å². The Balaban J connectivity index is 2.44. The summed E-state index contributed by atoms with van der Waals surface area (Å²) in [7, 11) is 1.73. The van der Waals surface area contributed by atoms with Crippen molar-refractivity contribution in [3.63, 3.8) is 0 Å². The molecular weight excluding hydrogens is 230 g/mol. The van der Waals surface area contributed by atoms with Crippen molar-refractivity contribution < 1.29 is 4.74 Å². The minimum atomic E-state index is 0.296. The molecule has 0 aliphatic carbocycles. The van der Waals surface area contributed by atoms with Crippen molar-refractivity contribution >= 4 is 11.8 Å². The molecule has 3 heteroatoms. The quantitative estimate of drug-likeness (QED) is 0.807. The van der Waals surface area contributed by atoms with E-state index in [1.165, 1.54) is 11.1 Å². The van der Waals surface area contributed by atoms with E-state index >= 15 is 0 Å². The van der Waals surface area contributed by atoms with Crippen LogP contribution >= 0.6 is 11.8 Å². The van der Waals surface area contributed by atoms with Gasteiger partial charge >= 0.3 is 0 Å². The third-order valence-corrected chi connectivity index (χ3v) is 3.98. The molecule has 1 aromatic carbocycles. The molecular formula is C14H23NOS. The monoisotopic (exact) mass is 253 g/mol. The standard InChI is InChI=1S/C14H23NOS/c1-14(2,17-4)11-15-9-12-6-5-7-13(8-12)10-16-3/h5-8,15H,9-11H2,1-4H3. The second-order valence-corrected chi connectivity index (χ2v) is 6.33. The zero-order chi connectivity index (χ0) is 12.7. The van der Waals surface area contributed by atoms with Crippen molar-refractivity contribution in [2.24, 2.45) is 0 Å². The molecule has 0 aromatic heterocycles. The van der Waals surface area contributed by atoms with Gasteiger partial charge < -0.3 is 10.1 Å². The summed E-state index contributed by atoms with van der Waals surface area (Å²) >= 11 is 1.89. The van der Waals surface area contributed by atoms with Crippen molar-refractivity contribution in [1.82, 2.24) is 5.32 Å². The number of thioether (sulfide) groups is 1. The Morgan fingerprint density at radius 2 is 2.00 bits per heavy atom. The smallest absolute Gasteiger partial charge is 0.0713 e. The van der Waals surface area contributed by atoms with Gasteiger partial charge in [0.05, 0.1) is 6.61 Å². The van der Waals surface area contributed by atoms with Crippen LogP contribution in [0.4, 0.5) is 0 Å². The van der Waals surface area contributed by atoms with Crippen LogP contribution in [0.15, 0.2) is 24.3 Å². The molecule has 0 amide bonds. The maximum atomic E-state index is 5.14. The van der Waals surface area contributed by atoms with Crippen LogP contribution in [0, 0.1) is 0 Å². The highest BCUT2D eigenvalue weighted by Crippen LogP contribution is 2.19. The summed E-state index contributed by atoms with van der Waals surface area (Å²) in [6.07, 6.45) is 2.15. The fourth-order valence-corrected chi connectivity index (χ4v) is 1.82. The average molecular weight is 253 g/mol. The predicted molar refractivity (Wildman–Crippen MR) is 76.5 cm³/mol. The van der Waals surface area contributed by atoms with Crippen molar-refractivity contribution in [3.8, 4) is 0 Å². The molecule has 0 atom stereocenters. The lowest BCUT2D eigenvalue weighted by Crippen LogP contribution is -2.31. The maximum Gasteiger partial charge on any atom is 0.0713 e. The first kappa shape index (κ1) is 14.6. The van der Waals surface area contributed by atoms with Gasteiger partial charge in [-0.15, -0.1) is 0 Å².